The Kier molecular flexibility index (Phi) is 6.32. The number of carbonyl (C=O) groups is 1. The largest absolute Gasteiger partial charge is 0.438 e. The van der Waals surface area contributed by atoms with Crippen LogP contribution in [0.1, 0.15) is 45.6 Å². The second-order valence-corrected chi connectivity index (χ2v) is 9.87. The smallest absolute Gasteiger partial charge is 0.408 e. The molecule has 1 fully saturated rings. The average Bonchev–Trinajstić information content (AvgIpc) is 2.75. The minimum absolute atomic E-state index is 0.165. The maximum Gasteiger partial charge on any atom is 0.408 e. The number of pyridine rings is 1. The molecule has 1 aliphatic carbocycles. The predicted molar refractivity (Wildman–Crippen MR) is 132 cm³/mol. The van der Waals surface area contributed by atoms with Gasteiger partial charge in [-0.05, 0) is 51.2 Å². The standard InChI is InChI=1S/C26H26ClN3O4/c1-25(2,3)29-24(31)34-26(14-7-15-26)19-12-10-18(11-13-19)22-20(17-8-5-4-6-9-17)16-21(30(32)33)23(27)28-22/h4-6,8-13,16H,7,14-15H2,1-3H3,(H,29,31). The van der Waals surface area contributed by atoms with Gasteiger partial charge in [0.1, 0.15) is 5.60 Å². The Morgan fingerprint density at radius 1 is 1.09 bits per heavy atom. The number of benzene rings is 2. The SMILES string of the molecule is CC(C)(C)NC(=O)OC1(c2ccc(-c3nc(Cl)c([N+](=O)[O-])cc3-c3ccccc3)cc2)CCC1. The fraction of sp³-hybridized carbons (Fsp3) is 0.308. The molecule has 1 aliphatic rings. The highest BCUT2D eigenvalue weighted by atomic mass is 35.5. The summed E-state index contributed by atoms with van der Waals surface area (Å²) in [6.45, 7) is 5.72. The number of alkyl carbamates (subject to hydrolysis) is 1. The molecular weight excluding hydrogens is 454 g/mol. The van der Waals surface area contributed by atoms with E-state index < -0.39 is 16.6 Å². The first-order valence-corrected chi connectivity index (χ1v) is 11.5. The zero-order valence-electron chi connectivity index (χ0n) is 19.3. The van der Waals surface area contributed by atoms with Gasteiger partial charge >= 0.3 is 11.8 Å². The molecular formula is C26H26ClN3O4. The highest BCUT2D eigenvalue weighted by Gasteiger charge is 2.43. The Balaban J connectivity index is 1.70. The van der Waals surface area contributed by atoms with Gasteiger partial charge in [-0.25, -0.2) is 9.78 Å². The number of nitro groups is 1. The van der Waals surface area contributed by atoms with Crippen molar-refractivity contribution in [1.29, 1.82) is 0 Å². The van der Waals surface area contributed by atoms with E-state index >= 15 is 0 Å². The van der Waals surface area contributed by atoms with Gasteiger partial charge in [0.15, 0.2) is 0 Å². The van der Waals surface area contributed by atoms with Crippen LogP contribution in [-0.4, -0.2) is 21.5 Å². The molecule has 7 nitrogen and oxygen atoms in total. The van der Waals surface area contributed by atoms with Crippen LogP contribution in [0.25, 0.3) is 22.4 Å². The van der Waals surface area contributed by atoms with E-state index in [0.29, 0.717) is 11.3 Å². The second kappa shape index (κ2) is 9.06. The van der Waals surface area contributed by atoms with Crippen molar-refractivity contribution in [3.05, 3.63) is 81.5 Å². The van der Waals surface area contributed by atoms with Crippen LogP contribution >= 0.6 is 11.6 Å². The van der Waals surface area contributed by atoms with Gasteiger partial charge in [0, 0.05) is 22.7 Å². The Bertz CT molecular complexity index is 1220. The maximum absolute atomic E-state index is 12.4. The quantitative estimate of drug-likeness (QED) is 0.244. The third kappa shape index (κ3) is 4.89. The summed E-state index contributed by atoms with van der Waals surface area (Å²) in [7, 11) is 0. The molecule has 1 aromatic heterocycles. The van der Waals surface area contributed by atoms with E-state index in [1.54, 1.807) is 0 Å². The van der Waals surface area contributed by atoms with E-state index in [-0.39, 0.29) is 16.4 Å². The van der Waals surface area contributed by atoms with Crippen molar-refractivity contribution in [2.24, 2.45) is 0 Å². The summed E-state index contributed by atoms with van der Waals surface area (Å²) in [5.41, 5.74) is 2.33. The van der Waals surface area contributed by atoms with Gasteiger partial charge in [-0.2, -0.15) is 0 Å². The van der Waals surface area contributed by atoms with Gasteiger partial charge in [-0.3, -0.25) is 10.1 Å². The Labute approximate surface area is 203 Å². The number of halogens is 1. The van der Waals surface area contributed by atoms with Crippen LogP contribution in [0.5, 0.6) is 0 Å². The maximum atomic E-state index is 12.4. The van der Waals surface area contributed by atoms with Gasteiger partial charge < -0.3 is 10.1 Å². The number of carbonyl (C=O) groups excluding carboxylic acids is 1. The predicted octanol–water partition coefficient (Wildman–Crippen LogP) is 6.88. The first-order chi connectivity index (χ1) is 16.1. The van der Waals surface area contributed by atoms with Gasteiger partial charge in [0.05, 0.1) is 10.6 Å². The molecule has 4 rings (SSSR count). The Morgan fingerprint density at radius 3 is 2.26 bits per heavy atom. The van der Waals surface area contributed by atoms with Gasteiger partial charge in [-0.1, -0.05) is 66.2 Å². The molecule has 34 heavy (non-hydrogen) atoms. The van der Waals surface area contributed by atoms with Crippen molar-refractivity contribution < 1.29 is 14.5 Å². The van der Waals surface area contributed by atoms with Crippen LogP contribution in [0.3, 0.4) is 0 Å². The van der Waals surface area contributed by atoms with Crippen molar-refractivity contribution in [1.82, 2.24) is 10.3 Å². The van der Waals surface area contributed by atoms with Crippen molar-refractivity contribution >= 4 is 23.4 Å². The number of rotatable bonds is 5. The van der Waals surface area contributed by atoms with Crippen LogP contribution in [0.4, 0.5) is 10.5 Å². The van der Waals surface area contributed by atoms with Crippen LogP contribution in [0.2, 0.25) is 5.15 Å². The molecule has 1 amide bonds. The molecule has 176 valence electrons. The molecule has 0 aliphatic heterocycles. The summed E-state index contributed by atoms with van der Waals surface area (Å²) in [5.74, 6) is 0. The number of nitrogens with one attached hydrogen (secondary N) is 1. The summed E-state index contributed by atoms with van der Waals surface area (Å²) in [6.07, 6.45) is 2.04. The first kappa shape index (κ1) is 23.7. The molecule has 8 heteroatoms. The van der Waals surface area contributed by atoms with E-state index in [9.17, 15) is 14.9 Å². The summed E-state index contributed by atoms with van der Waals surface area (Å²) in [6, 6.07) is 18.4. The van der Waals surface area contributed by atoms with Crippen molar-refractivity contribution in [2.45, 2.75) is 51.2 Å². The Hall–Kier alpha value is -3.45. The lowest BCUT2D eigenvalue weighted by atomic mass is 9.74. The van der Waals surface area contributed by atoms with Crippen molar-refractivity contribution in [3.63, 3.8) is 0 Å². The van der Waals surface area contributed by atoms with Crippen LogP contribution in [0.15, 0.2) is 60.7 Å². The summed E-state index contributed by atoms with van der Waals surface area (Å²) >= 11 is 6.16. The second-order valence-electron chi connectivity index (χ2n) is 9.51. The monoisotopic (exact) mass is 479 g/mol. The highest BCUT2D eigenvalue weighted by Crippen LogP contribution is 2.46. The number of hydrogen-bond donors (Lipinski definition) is 1. The lowest BCUT2D eigenvalue weighted by Gasteiger charge is -2.42. The van der Waals surface area contributed by atoms with E-state index in [1.807, 2.05) is 75.4 Å². The van der Waals surface area contributed by atoms with Crippen LogP contribution in [0, 0.1) is 10.1 Å². The molecule has 0 radical (unpaired) electrons. The fourth-order valence-corrected chi connectivity index (χ4v) is 4.26. The minimum Gasteiger partial charge on any atom is -0.438 e. The molecule has 0 bridgehead atoms. The zero-order chi connectivity index (χ0) is 24.5. The van der Waals surface area contributed by atoms with E-state index in [4.69, 9.17) is 16.3 Å². The van der Waals surface area contributed by atoms with Gasteiger partial charge in [-0.15, -0.1) is 0 Å². The minimum atomic E-state index is -0.656. The highest BCUT2D eigenvalue weighted by molar-refractivity contribution is 6.31. The van der Waals surface area contributed by atoms with Gasteiger partial charge in [0.2, 0.25) is 5.15 Å². The molecule has 1 saturated carbocycles. The van der Waals surface area contributed by atoms with Crippen molar-refractivity contribution in [2.75, 3.05) is 0 Å². The molecule has 0 saturated heterocycles. The fourth-order valence-electron chi connectivity index (χ4n) is 4.05. The molecule has 0 unspecified atom stereocenters. The molecule has 1 N–H and O–H groups in total. The van der Waals surface area contributed by atoms with E-state index in [0.717, 1.165) is 36.0 Å². The summed E-state index contributed by atoms with van der Waals surface area (Å²) < 4.78 is 5.87. The number of hydrogen-bond acceptors (Lipinski definition) is 5. The van der Waals surface area contributed by atoms with Crippen molar-refractivity contribution in [3.8, 4) is 22.4 Å². The zero-order valence-corrected chi connectivity index (χ0v) is 20.1. The normalized spacial score (nSPS) is 14.7. The number of amides is 1. The number of aromatic nitrogens is 1. The van der Waals surface area contributed by atoms with Crippen LogP contribution in [-0.2, 0) is 10.3 Å². The Morgan fingerprint density at radius 2 is 1.74 bits per heavy atom. The number of nitrogens with zero attached hydrogens (tertiary/aromatic N) is 2. The lowest BCUT2D eigenvalue weighted by molar-refractivity contribution is -0.385. The summed E-state index contributed by atoms with van der Waals surface area (Å²) in [5, 5.41) is 14.1. The average molecular weight is 480 g/mol. The van der Waals surface area contributed by atoms with E-state index in [1.165, 1.54) is 6.07 Å². The lowest BCUT2D eigenvalue weighted by Crippen LogP contribution is -2.47. The van der Waals surface area contributed by atoms with E-state index in [2.05, 4.69) is 10.3 Å². The molecule has 0 spiro atoms. The molecule has 1 heterocycles. The molecule has 3 aromatic rings. The number of ether oxygens (including phenoxy) is 1. The van der Waals surface area contributed by atoms with Gasteiger partial charge in [0.25, 0.3) is 0 Å². The topological polar surface area (TPSA) is 94.4 Å². The first-order valence-electron chi connectivity index (χ1n) is 11.1. The third-order valence-corrected chi connectivity index (χ3v) is 6.13. The molecule has 0 atom stereocenters. The molecule has 2 aromatic carbocycles. The summed E-state index contributed by atoms with van der Waals surface area (Å²) in [4.78, 5) is 27.7. The van der Waals surface area contributed by atoms with Crippen LogP contribution < -0.4 is 5.32 Å². The third-order valence-electron chi connectivity index (χ3n) is 5.85.